The maximum atomic E-state index is 12.6. The standard InChI is InChI=1S/C16H16N2O4S/c1-2-22-16(21)12(10-17)15-18(11-6-4-3-5-7-11)14(20)13(23-15)8-9-19/h3-7,13,19H,2,8-9H2,1H3/b15-12+/t13-/m1/s1. The highest BCUT2D eigenvalue weighted by atomic mass is 32.2. The van der Waals surface area contributed by atoms with Crippen LogP contribution in [0.25, 0.3) is 0 Å². The lowest BCUT2D eigenvalue weighted by atomic mass is 10.2. The Bertz CT molecular complexity index is 666. The molecule has 0 aliphatic carbocycles. The first-order valence-electron chi connectivity index (χ1n) is 7.12. The van der Waals surface area contributed by atoms with Gasteiger partial charge in [0.1, 0.15) is 11.1 Å². The van der Waals surface area contributed by atoms with E-state index in [1.165, 1.54) is 4.90 Å². The van der Waals surface area contributed by atoms with Crippen LogP contribution in [0.2, 0.25) is 0 Å². The van der Waals surface area contributed by atoms with Gasteiger partial charge in [0, 0.05) is 12.3 Å². The summed E-state index contributed by atoms with van der Waals surface area (Å²) >= 11 is 1.11. The van der Waals surface area contributed by atoms with Crippen molar-refractivity contribution < 1.29 is 19.4 Å². The zero-order chi connectivity index (χ0) is 16.8. The van der Waals surface area contributed by atoms with Crippen molar-refractivity contribution in [3.8, 4) is 6.07 Å². The van der Waals surface area contributed by atoms with Crippen molar-refractivity contribution in [3.63, 3.8) is 0 Å². The second-order valence-electron chi connectivity index (χ2n) is 4.64. The van der Waals surface area contributed by atoms with Crippen LogP contribution in [0.4, 0.5) is 5.69 Å². The van der Waals surface area contributed by atoms with E-state index in [1.807, 2.05) is 12.1 Å². The summed E-state index contributed by atoms with van der Waals surface area (Å²) in [4.78, 5) is 26.0. The summed E-state index contributed by atoms with van der Waals surface area (Å²) in [7, 11) is 0. The minimum atomic E-state index is -0.754. The number of benzene rings is 1. The quantitative estimate of drug-likeness (QED) is 0.502. The Hall–Kier alpha value is -2.30. The van der Waals surface area contributed by atoms with E-state index in [-0.39, 0.29) is 36.1 Å². The van der Waals surface area contributed by atoms with Gasteiger partial charge in [-0.1, -0.05) is 30.0 Å². The number of para-hydroxylation sites is 1. The van der Waals surface area contributed by atoms with Crippen LogP contribution in [0.5, 0.6) is 0 Å². The lowest BCUT2D eigenvalue weighted by Crippen LogP contribution is -2.30. The molecule has 0 unspecified atom stereocenters. The number of hydrogen-bond donors (Lipinski definition) is 1. The van der Waals surface area contributed by atoms with Crippen molar-refractivity contribution in [1.82, 2.24) is 0 Å². The summed E-state index contributed by atoms with van der Waals surface area (Å²) in [6.45, 7) is 1.63. The largest absolute Gasteiger partial charge is 0.462 e. The van der Waals surface area contributed by atoms with E-state index in [0.29, 0.717) is 5.69 Å². The molecule has 23 heavy (non-hydrogen) atoms. The first kappa shape index (κ1) is 17.1. The maximum Gasteiger partial charge on any atom is 0.351 e. The summed E-state index contributed by atoms with van der Waals surface area (Å²) < 4.78 is 4.90. The molecule has 1 fully saturated rings. The monoisotopic (exact) mass is 332 g/mol. The highest BCUT2D eigenvalue weighted by Gasteiger charge is 2.40. The van der Waals surface area contributed by atoms with E-state index < -0.39 is 11.2 Å². The number of carbonyl (C=O) groups excluding carboxylic acids is 2. The van der Waals surface area contributed by atoms with Crippen LogP contribution < -0.4 is 4.90 Å². The molecule has 1 aliphatic heterocycles. The van der Waals surface area contributed by atoms with Gasteiger partial charge in [-0.2, -0.15) is 5.26 Å². The van der Waals surface area contributed by atoms with Gasteiger partial charge in [0.15, 0.2) is 5.57 Å². The predicted molar refractivity (Wildman–Crippen MR) is 86.3 cm³/mol. The Labute approximate surface area is 138 Å². The van der Waals surface area contributed by atoms with Gasteiger partial charge in [0.05, 0.1) is 11.9 Å². The normalized spacial score (nSPS) is 19.4. The van der Waals surface area contributed by atoms with Gasteiger partial charge in [0.25, 0.3) is 0 Å². The summed E-state index contributed by atoms with van der Waals surface area (Å²) in [5.74, 6) is -1.02. The Morgan fingerprint density at radius 3 is 2.70 bits per heavy atom. The molecule has 1 N–H and O–H groups in total. The van der Waals surface area contributed by atoms with E-state index in [0.717, 1.165) is 11.8 Å². The zero-order valence-electron chi connectivity index (χ0n) is 12.6. The minimum absolute atomic E-state index is 0.140. The van der Waals surface area contributed by atoms with Crippen LogP contribution in [0.15, 0.2) is 40.9 Å². The van der Waals surface area contributed by atoms with Crippen molar-refractivity contribution in [1.29, 1.82) is 5.26 Å². The van der Waals surface area contributed by atoms with Crippen molar-refractivity contribution in [3.05, 3.63) is 40.9 Å². The summed E-state index contributed by atoms with van der Waals surface area (Å²) in [5, 5.41) is 18.2. The lowest BCUT2D eigenvalue weighted by Gasteiger charge is -2.18. The van der Waals surface area contributed by atoms with Gasteiger partial charge >= 0.3 is 5.97 Å². The number of nitrogens with zero attached hydrogens (tertiary/aromatic N) is 2. The molecule has 7 heteroatoms. The van der Waals surface area contributed by atoms with Gasteiger partial charge in [-0.05, 0) is 25.5 Å². The minimum Gasteiger partial charge on any atom is -0.462 e. The number of aliphatic hydroxyl groups excluding tert-OH is 1. The predicted octanol–water partition coefficient (Wildman–Crippen LogP) is 1.82. The molecule has 1 amide bonds. The van der Waals surface area contributed by atoms with Crippen LogP contribution >= 0.6 is 11.8 Å². The van der Waals surface area contributed by atoms with Crippen molar-refractivity contribution in [2.45, 2.75) is 18.6 Å². The molecular formula is C16H16N2O4S. The third-order valence-corrected chi connectivity index (χ3v) is 4.50. The first-order chi connectivity index (χ1) is 11.1. The number of carbonyl (C=O) groups is 2. The fraction of sp³-hybridized carbons (Fsp3) is 0.312. The number of ether oxygens (including phenoxy) is 1. The molecule has 1 aliphatic rings. The van der Waals surface area contributed by atoms with E-state index in [1.54, 1.807) is 31.2 Å². The second-order valence-corrected chi connectivity index (χ2v) is 5.83. The fourth-order valence-electron chi connectivity index (χ4n) is 2.16. The van der Waals surface area contributed by atoms with Gasteiger partial charge in [-0.15, -0.1) is 0 Å². The van der Waals surface area contributed by atoms with Crippen molar-refractivity contribution in [2.24, 2.45) is 0 Å². The van der Waals surface area contributed by atoms with Gasteiger partial charge in [0.2, 0.25) is 5.91 Å². The molecule has 1 atom stereocenters. The molecule has 1 saturated heterocycles. The van der Waals surface area contributed by atoms with Crippen LogP contribution in [-0.2, 0) is 14.3 Å². The molecule has 0 saturated carbocycles. The molecule has 1 aromatic carbocycles. The highest BCUT2D eigenvalue weighted by Crippen LogP contribution is 2.41. The molecule has 2 rings (SSSR count). The molecule has 0 bridgehead atoms. The van der Waals surface area contributed by atoms with E-state index in [4.69, 9.17) is 9.84 Å². The van der Waals surface area contributed by atoms with Gasteiger partial charge in [-0.25, -0.2) is 4.79 Å². The molecule has 0 aromatic heterocycles. The molecule has 0 spiro atoms. The first-order valence-corrected chi connectivity index (χ1v) is 8.00. The lowest BCUT2D eigenvalue weighted by molar-refractivity contribution is -0.138. The second kappa shape index (κ2) is 7.81. The summed E-state index contributed by atoms with van der Waals surface area (Å²) in [6, 6.07) is 10.6. The molecule has 1 heterocycles. The average Bonchev–Trinajstić information content (AvgIpc) is 2.86. The van der Waals surface area contributed by atoms with Gasteiger partial charge in [-0.3, -0.25) is 9.69 Å². The molecule has 0 radical (unpaired) electrons. The third-order valence-electron chi connectivity index (χ3n) is 3.16. The smallest absolute Gasteiger partial charge is 0.351 e. The Kier molecular flexibility index (Phi) is 5.79. The number of rotatable bonds is 5. The zero-order valence-corrected chi connectivity index (χ0v) is 13.4. The van der Waals surface area contributed by atoms with Crippen LogP contribution in [0.3, 0.4) is 0 Å². The van der Waals surface area contributed by atoms with E-state index >= 15 is 0 Å². The Morgan fingerprint density at radius 1 is 1.43 bits per heavy atom. The van der Waals surface area contributed by atoms with Gasteiger partial charge < -0.3 is 9.84 Å². The van der Waals surface area contributed by atoms with Crippen LogP contribution in [0, 0.1) is 11.3 Å². The van der Waals surface area contributed by atoms with Crippen molar-refractivity contribution in [2.75, 3.05) is 18.1 Å². The summed E-state index contributed by atoms with van der Waals surface area (Å²) in [6.07, 6.45) is 0.248. The summed E-state index contributed by atoms with van der Waals surface area (Å²) in [5.41, 5.74) is 0.368. The van der Waals surface area contributed by atoms with E-state index in [2.05, 4.69) is 0 Å². The number of anilines is 1. The number of nitriles is 1. The topological polar surface area (TPSA) is 90.6 Å². The number of amides is 1. The number of esters is 1. The van der Waals surface area contributed by atoms with Crippen LogP contribution in [0.1, 0.15) is 13.3 Å². The molecule has 1 aromatic rings. The molecule has 6 nitrogen and oxygen atoms in total. The molecule has 120 valence electrons. The Morgan fingerprint density at radius 2 is 2.13 bits per heavy atom. The number of hydrogen-bond acceptors (Lipinski definition) is 6. The van der Waals surface area contributed by atoms with Crippen LogP contribution in [-0.4, -0.2) is 35.4 Å². The number of thioether (sulfide) groups is 1. The Balaban J connectivity index is 2.51. The highest BCUT2D eigenvalue weighted by molar-refractivity contribution is 8.05. The SMILES string of the molecule is CCOC(=O)/C(C#N)=C1/S[C@H](CCO)C(=O)N1c1ccccc1. The number of aliphatic hydroxyl groups is 1. The third kappa shape index (κ3) is 3.55. The maximum absolute atomic E-state index is 12.6. The van der Waals surface area contributed by atoms with Crippen molar-refractivity contribution >= 4 is 29.3 Å². The molecular weight excluding hydrogens is 316 g/mol. The average molecular weight is 332 g/mol. The fourth-order valence-corrected chi connectivity index (χ4v) is 3.40. The van der Waals surface area contributed by atoms with E-state index in [9.17, 15) is 14.9 Å².